The van der Waals surface area contributed by atoms with Crippen LogP contribution >= 0.6 is 0 Å². The third-order valence-electron chi connectivity index (χ3n) is 3.62. The lowest BCUT2D eigenvalue weighted by molar-refractivity contribution is 0.0377. The highest BCUT2D eigenvalue weighted by Gasteiger charge is 2.30. The van der Waals surface area contributed by atoms with Gasteiger partial charge < -0.3 is 15.2 Å². The van der Waals surface area contributed by atoms with Crippen LogP contribution in [0.1, 0.15) is 29.7 Å². The van der Waals surface area contributed by atoms with Crippen molar-refractivity contribution in [2.45, 2.75) is 38.6 Å². The van der Waals surface area contributed by atoms with Crippen LogP contribution in [0.15, 0.2) is 6.20 Å². The molecule has 0 spiro atoms. The van der Waals surface area contributed by atoms with Gasteiger partial charge in [0.2, 0.25) is 0 Å². The quantitative estimate of drug-likeness (QED) is 0.888. The normalized spacial score (nSPS) is 24.0. The molecule has 18 heavy (non-hydrogen) atoms. The molecule has 0 amide bonds. The lowest BCUT2D eigenvalue weighted by atomic mass is 9.87. The zero-order valence-corrected chi connectivity index (χ0v) is 11.5. The van der Waals surface area contributed by atoms with E-state index in [2.05, 4.69) is 4.98 Å². The monoisotopic (exact) mass is 250 g/mol. The number of pyridine rings is 1. The summed E-state index contributed by atoms with van der Waals surface area (Å²) in [5.41, 5.74) is 9.27. The second kappa shape index (κ2) is 5.24. The lowest BCUT2D eigenvalue weighted by Gasteiger charge is -2.33. The number of hydrogen-bond acceptors (Lipinski definition) is 4. The van der Waals surface area contributed by atoms with Gasteiger partial charge in [-0.1, -0.05) is 0 Å². The van der Waals surface area contributed by atoms with Gasteiger partial charge in [-0.15, -0.1) is 0 Å². The van der Waals surface area contributed by atoms with Gasteiger partial charge in [0.15, 0.2) is 0 Å². The van der Waals surface area contributed by atoms with E-state index in [0.717, 1.165) is 48.4 Å². The van der Waals surface area contributed by atoms with Gasteiger partial charge in [-0.3, -0.25) is 4.98 Å². The molecule has 1 aliphatic rings. The highest BCUT2D eigenvalue weighted by Crippen LogP contribution is 2.28. The third kappa shape index (κ3) is 2.65. The van der Waals surface area contributed by atoms with Crippen molar-refractivity contribution < 1.29 is 9.47 Å². The molecule has 1 aliphatic heterocycles. The third-order valence-corrected chi connectivity index (χ3v) is 3.62. The summed E-state index contributed by atoms with van der Waals surface area (Å²) in [7, 11) is 1.70. The molecule has 0 saturated carbocycles. The predicted octanol–water partition coefficient (Wildman–Crippen LogP) is 1.76. The Morgan fingerprint density at radius 1 is 1.50 bits per heavy atom. The average molecular weight is 250 g/mol. The summed E-state index contributed by atoms with van der Waals surface area (Å²) in [6, 6.07) is 0. The Bertz CT molecular complexity index is 426. The smallest absolute Gasteiger partial charge is 0.128 e. The first-order chi connectivity index (χ1) is 8.56. The fraction of sp³-hybridized carbons (Fsp3) is 0.643. The van der Waals surface area contributed by atoms with E-state index in [1.54, 1.807) is 7.11 Å². The number of nitrogens with zero attached hydrogens (tertiary/aromatic N) is 1. The van der Waals surface area contributed by atoms with E-state index in [9.17, 15) is 0 Å². The molecule has 2 N–H and O–H groups in total. The molecular formula is C14H22N2O2. The van der Waals surface area contributed by atoms with Crippen LogP contribution in [0.3, 0.4) is 0 Å². The molecule has 1 unspecified atom stereocenters. The first-order valence-corrected chi connectivity index (χ1v) is 6.41. The van der Waals surface area contributed by atoms with Crippen molar-refractivity contribution in [2.24, 2.45) is 5.73 Å². The van der Waals surface area contributed by atoms with E-state index < -0.39 is 0 Å². The van der Waals surface area contributed by atoms with Gasteiger partial charge >= 0.3 is 0 Å². The molecular weight excluding hydrogens is 228 g/mol. The van der Waals surface area contributed by atoms with Crippen molar-refractivity contribution in [3.05, 3.63) is 23.0 Å². The fourth-order valence-electron chi connectivity index (χ4n) is 2.60. The van der Waals surface area contributed by atoms with Gasteiger partial charge in [0.05, 0.1) is 13.7 Å². The average Bonchev–Trinajstić information content (AvgIpc) is 2.34. The molecule has 1 atom stereocenters. The van der Waals surface area contributed by atoms with Gasteiger partial charge in [0.25, 0.3) is 0 Å². The van der Waals surface area contributed by atoms with Gasteiger partial charge in [0, 0.05) is 41.6 Å². The fourth-order valence-corrected chi connectivity index (χ4v) is 2.60. The molecule has 0 bridgehead atoms. The molecule has 1 aromatic heterocycles. The lowest BCUT2D eigenvalue weighted by Crippen LogP contribution is -2.49. The van der Waals surface area contributed by atoms with Gasteiger partial charge in [-0.25, -0.2) is 0 Å². The number of hydrogen-bond donors (Lipinski definition) is 1. The molecule has 1 saturated heterocycles. The Kier molecular flexibility index (Phi) is 3.88. The zero-order chi connectivity index (χ0) is 13.2. The molecule has 2 rings (SSSR count). The van der Waals surface area contributed by atoms with Crippen LogP contribution in [0, 0.1) is 13.8 Å². The number of rotatable bonds is 3. The topological polar surface area (TPSA) is 57.4 Å². The maximum absolute atomic E-state index is 6.38. The second-order valence-corrected chi connectivity index (χ2v) is 5.24. The van der Waals surface area contributed by atoms with Crippen LogP contribution in [-0.4, -0.2) is 30.8 Å². The Balaban J connectivity index is 2.23. The number of ether oxygens (including phenoxy) is 2. The molecule has 0 aliphatic carbocycles. The van der Waals surface area contributed by atoms with Crippen molar-refractivity contribution in [2.75, 3.05) is 20.3 Å². The van der Waals surface area contributed by atoms with Crippen molar-refractivity contribution in [3.63, 3.8) is 0 Å². The standard InChI is InChI=1S/C14H22N2O2/c1-10-8-16-12(11(2)13(10)17-3)7-14(15)5-4-6-18-9-14/h8H,4-7,9,15H2,1-3H3. The Morgan fingerprint density at radius 2 is 2.28 bits per heavy atom. The number of aryl methyl sites for hydroxylation is 1. The first kappa shape index (κ1) is 13.3. The van der Waals surface area contributed by atoms with Crippen LogP contribution in [0.5, 0.6) is 5.75 Å². The summed E-state index contributed by atoms with van der Waals surface area (Å²) in [5.74, 6) is 0.917. The van der Waals surface area contributed by atoms with E-state index in [-0.39, 0.29) is 5.54 Å². The molecule has 4 heteroatoms. The zero-order valence-electron chi connectivity index (χ0n) is 11.5. The SMILES string of the molecule is COc1c(C)cnc(CC2(N)CCCOC2)c1C. The predicted molar refractivity (Wildman–Crippen MR) is 70.9 cm³/mol. The molecule has 1 aromatic rings. The summed E-state index contributed by atoms with van der Waals surface area (Å²) in [6.45, 7) is 5.48. The summed E-state index contributed by atoms with van der Waals surface area (Å²) in [6.07, 6.45) is 4.62. The molecule has 0 aromatic carbocycles. The van der Waals surface area contributed by atoms with Crippen LogP contribution in [0.4, 0.5) is 0 Å². The van der Waals surface area contributed by atoms with Crippen LogP contribution in [0.2, 0.25) is 0 Å². The second-order valence-electron chi connectivity index (χ2n) is 5.24. The van der Waals surface area contributed by atoms with Crippen LogP contribution in [0.25, 0.3) is 0 Å². The molecule has 2 heterocycles. The van der Waals surface area contributed by atoms with Crippen molar-refractivity contribution in [3.8, 4) is 5.75 Å². The highest BCUT2D eigenvalue weighted by molar-refractivity contribution is 5.41. The molecule has 100 valence electrons. The van der Waals surface area contributed by atoms with Crippen molar-refractivity contribution >= 4 is 0 Å². The highest BCUT2D eigenvalue weighted by atomic mass is 16.5. The number of methoxy groups -OCH3 is 1. The van der Waals surface area contributed by atoms with E-state index in [1.165, 1.54) is 0 Å². The minimum atomic E-state index is -0.281. The largest absolute Gasteiger partial charge is 0.496 e. The van der Waals surface area contributed by atoms with E-state index in [0.29, 0.717) is 6.61 Å². The van der Waals surface area contributed by atoms with Crippen molar-refractivity contribution in [1.29, 1.82) is 0 Å². The maximum atomic E-state index is 6.38. The summed E-state index contributed by atoms with van der Waals surface area (Å²) < 4.78 is 10.9. The Labute approximate surface area is 108 Å². The van der Waals surface area contributed by atoms with Gasteiger partial charge in [0.1, 0.15) is 5.75 Å². The first-order valence-electron chi connectivity index (χ1n) is 6.41. The minimum absolute atomic E-state index is 0.281. The van der Waals surface area contributed by atoms with Crippen molar-refractivity contribution in [1.82, 2.24) is 4.98 Å². The van der Waals surface area contributed by atoms with Gasteiger partial charge in [-0.05, 0) is 26.7 Å². The van der Waals surface area contributed by atoms with Gasteiger partial charge in [-0.2, -0.15) is 0 Å². The van der Waals surface area contributed by atoms with Crippen LogP contribution in [-0.2, 0) is 11.2 Å². The molecule has 1 fully saturated rings. The summed E-state index contributed by atoms with van der Waals surface area (Å²) in [4.78, 5) is 4.51. The molecule has 0 radical (unpaired) electrons. The van der Waals surface area contributed by atoms with E-state index >= 15 is 0 Å². The summed E-state index contributed by atoms with van der Waals surface area (Å²) in [5, 5.41) is 0. The Hall–Kier alpha value is -1.13. The number of nitrogens with two attached hydrogens (primary N) is 1. The Morgan fingerprint density at radius 3 is 2.89 bits per heavy atom. The molecule has 4 nitrogen and oxygen atoms in total. The summed E-state index contributed by atoms with van der Waals surface area (Å²) >= 11 is 0. The number of aromatic nitrogens is 1. The maximum Gasteiger partial charge on any atom is 0.128 e. The van der Waals surface area contributed by atoms with E-state index in [4.69, 9.17) is 15.2 Å². The van der Waals surface area contributed by atoms with E-state index in [1.807, 2.05) is 20.0 Å². The van der Waals surface area contributed by atoms with Crippen LogP contribution < -0.4 is 10.5 Å². The minimum Gasteiger partial charge on any atom is -0.496 e.